The van der Waals surface area contributed by atoms with Gasteiger partial charge in [0.1, 0.15) is 0 Å². The number of benzene rings is 1. The molecule has 3 N–H and O–H groups in total. The van der Waals surface area contributed by atoms with E-state index in [1.54, 1.807) is 0 Å². The largest absolute Gasteiger partial charge is 0.397 e. The zero-order valence-electron chi connectivity index (χ0n) is 9.35. The fourth-order valence-corrected chi connectivity index (χ4v) is 1.60. The maximum absolute atomic E-state index is 5.83. The van der Waals surface area contributed by atoms with Crippen LogP contribution < -0.4 is 11.1 Å². The van der Waals surface area contributed by atoms with Crippen LogP contribution in [0.4, 0.5) is 11.4 Å². The molecule has 2 aromatic rings. The number of anilines is 2. The van der Waals surface area contributed by atoms with E-state index in [-0.39, 0.29) is 0 Å². The zero-order chi connectivity index (χ0) is 11.4. The molecule has 0 saturated heterocycles. The van der Waals surface area contributed by atoms with Crippen LogP contribution >= 0.6 is 0 Å². The highest BCUT2D eigenvalue weighted by Gasteiger charge is 1.98. The molecule has 0 aliphatic heterocycles. The molecular weight excluding hydrogens is 200 g/mol. The SMILES string of the molecule is Cn1cc(CCNc2ccccc2N)cn1. The van der Waals surface area contributed by atoms with Gasteiger partial charge in [0.2, 0.25) is 0 Å². The average molecular weight is 216 g/mol. The first-order chi connectivity index (χ1) is 7.75. The van der Waals surface area contributed by atoms with E-state index >= 15 is 0 Å². The summed E-state index contributed by atoms with van der Waals surface area (Å²) in [7, 11) is 1.92. The van der Waals surface area contributed by atoms with Gasteiger partial charge in [0, 0.05) is 19.8 Å². The van der Waals surface area contributed by atoms with Gasteiger partial charge in [-0.05, 0) is 24.1 Å². The van der Waals surface area contributed by atoms with Gasteiger partial charge in [0.15, 0.2) is 0 Å². The van der Waals surface area contributed by atoms with Crippen molar-refractivity contribution in [2.45, 2.75) is 6.42 Å². The molecule has 0 radical (unpaired) electrons. The Morgan fingerprint density at radius 3 is 2.88 bits per heavy atom. The Morgan fingerprint density at radius 2 is 2.19 bits per heavy atom. The summed E-state index contributed by atoms with van der Waals surface area (Å²) in [6, 6.07) is 7.79. The van der Waals surface area contributed by atoms with Crippen molar-refractivity contribution < 1.29 is 0 Å². The lowest BCUT2D eigenvalue weighted by atomic mass is 10.2. The molecule has 0 unspecified atom stereocenters. The molecule has 0 saturated carbocycles. The molecule has 2 rings (SSSR count). The average Bonchev–Trinajstić information content (AvgIpc) is 2.67. The molecule has 0 atom stereocenters. The Bertz CT molecular complexity index is 462. The molecule has 0 aliphatic rings. The second kappa shape index (κ2) is 4.70. The van der Waals surface area contributed by atoms with Crippen LogP contribution in [0, 0.1) is 0 Å². The van der Waals surface area contributed by atoms with Crippen molar-refractivity contribution in [2.24, 2.45) is 7.05 Å². The van der Waals surface area contributed by atoms with Crippen LogP contribution in [0.5, 0.6) is 0 Å². The minimum atomic E-state index is 0.786. The van der Waals surface area contributed by atoms with Gasteiger partial charge in [0.25, 0.3) is 0 Å². The first kappa shape index (κ1) is 10.5. The van der Waals surface area contributed by atoms with Gasteiger partial charge in [0.05, 0.1) is 17.6 Å². The van der Waals surface area contributed by atoms with Crippen LogP contribution in [-0.4, -0.2) is 16.3 Å². The third kappa shape index (κ3) is 2.53. The summed E-state index contributed by atoms with van der Waals surface area (Å²) in [5.41, 5.74) is 8.83. The number of aromatic nitrogens is 2. The molecule has 4 nitrogen and oxygen atoms in total. The third-order valence-electron chi connectivity index (χ3n) is 2.45. The van der Waals surface area contributed by atoms with Gasteiger partial charge in [-0.25, -0.2) is 0 Å². The molecule has 0 fully saturated rings. The van der Waals surface area contributed by atoms with Crippen LogP contribution in [0.2, 0.25) is 0 Å². The summed E-state index contributed by atoms with van der Waals surface area (Å²) in [4.78, 5) is 0. The van der Waals surface area contributed by atoms with Gasteiger partial charge in [-0.2, -0.15) is 5.10 Å². The standard InChI is InChI=1S/C12H16N4/c1-16-9-10(8-15-16)6-7-14-12-5-3-2-4-11(12)13/h2-5,8-9,14H,6-7,13H2,1H3. The summed E-state index contributed by atoms with van der Waals surface area (Å²) >= 11 is 0. The van der Waals surface area contributed by atoms with E-state index in [0.29, 0.717) is 0 Å². The zero-order valence-corrected chi connectivity index (χ0v) is 9.35. The summed E-state index contributed by atoms with van der Waals surface area (Å²) in [6.45, 7) is 0.861. The monoisotopic (exact) mass is 216 g/mol. The smallest absolute Gasteiger partial charge is 0.0574 e. The lowest BCUT2D eigenvalue weighted by molar-refractivity contribution is 0.767. The molecule has 84 valence electrons. The van der Waals surface area contributed by atoms with Crippen molar-refractivity contribution in [1.29, 1.82) is 0 Å². The van der Waals surface area contributed by atoms with Crippen molar-refractivity contribution in [3.05, 3.63) is 42.2 Å². The lowest BCUT2D eigenvalue weighted by Crippen LogP contribution is -2.06. The van der Waals surface area contributed by atoms with Crippen molar-refractivity contribution >= 4 is 11.4 Å². The number of nitrogens with zero attached hydrogens (tertiary/aromatic N) is 2. The van der Waals surface area contributed by atoms with Crippen LogP contribution in [-0.2, 0) is 13.5 Å². The Balaban J connectivity index is 1.87. The predicted octanol–water partition coefficient (Wildman–Crippen LogP) is 1.66. The molecule has 0 amide bonds. The van der Waals surface area contributed by atoms with E-state index in [1.165, 1.54) is 5.56 Å². The number of hydrogen-bond acceptors (Lipinski definition) is 3. The fraction of sp³-hybridized carbons (Fsp3) is 0.250. The summed E-state index contributed by atoms with van der Waals surface area (Å²) in [5.74, 6) is 0. The third-order valence-corrected chi connectivity index (χ3v) is 2.45. The van der Waals surface area contributed by atoms with Gasteiger partial charge >= 0.3 is 0 Å². The predicted molar refractivity (Wildman–Crippen MR) is 66.3 cm³/mol. The van der Waals surface area contributed by atoms with E-state index < -0.39 is 0 Å². The number of nitrogens with two attached hydrogens (primary N) is 1. The number of nitrogens with one attached hydrogen (secondary N) is 1. The minimum absolute atomic E-state index is 0.786. The second-order valence-corrected chi connectivity index (χ2v) is 3.79. The van der Waals surface area contributed by atoms with Crippen LogP contribution in [0.15, 0.2) is 36.7 Å². The topological polar surface area (TPSA) is 55.9 Å². The van der Waals surface area contributed by atoms with Gasteiger partial charge in [-0.3, -0.25) is 4.68 Å². The number of aryl methyl sites for hydroxylation is 1. The van der Waals surface area contributed by atoms with E-state index in [9.17, 15) is 0 Å². The summed E-state index contributed by atoms with van der Waals surface area (Å²) in [6.07, 6.45) is 4.86. The minimum Gasteiger partial charge on any atom is -0.397 e. The maximum Gasteiger partial charge on any atom is 0.0574 e. The van der Waals surface area contributed by atoms with Crippen LogP contribution in [0.25, 0.3) is 0 Å². The van der Waals surface area contributed by atoms with E-state index in [1.807, 2.05) is 48.4 Å². The Kier molecular flexibility index (Phi) is 3.10. The van der Waals surface area contributed by atoms with Crippen LogP contribution in [0.1, 0.15) is 5.56 Å². The molecule has 0 aliphatic carbocycles. The number of nitrogen functional groups attached to an aromatic ring is 1. The maximum atomic E-state index is 5.83. The van der Waals surface area contributed by atoms with Gasteiger partial charge < -0.3 is 11.1 Å². The normalized spacial score (nSPS) is 10.3. The first-order valence-corrected chi connectivity index (χ1v) is 5.31. The Hall–Kier alpha value is -1.97. The highest BCUT2D eigenvalue weighted by Crippen LogP contribution is 2.16. The van der Waals surface area contributed by atoms with Crippen molar-refractivity contribution in [1.82, 2.24) is 9.78 Å². The highest BCUT2D eigenvalue weighted by molar-refractivity contribution is 5.65. The van der Waals surface area contributed by atoms with Crippen molar-refractivity contribution in [2.75, 3.05) is 17.6 Å². The summed E-state index contributed by atoms with van der Waals surface area (Å²) < 4.78 is 1.81. The van der Waals surface area contributed by atoms with Gasteiger partial charge in [-0.15, -0.1) is 0 Å². The molecule has 16 heavy (non-hydrogen) atoms. The molecule has 1 aromatic carbocycles. The Morgan fingerprint density at radius 1 is 1.38 bits per heavy atom. The van der Waals surface area contributed by atoms with Gasteiger partial charge in [-0.1, -0.05) is 12.1 Å². The molecule has 0 bridgehead atoms. The fourth-order valence-electron chi connectivity index (χ4n) is 1.60. The number of rotatable bonds is 4. The number of para-hydroxylation sites is 2. The summed E-state index contributed by atoms with van der Waals surface area (Å²) in [5, 5.41) is 7.43. The molecular formula is C12H16N4. The molecule has 1 heterocycles. The first-order valence-electron chi connectivity index (χ1n) is 5.31. The second-order valence-electron chi connectivity index (χ2n) is 3.79. The molecule has 0 spiro atoms. The quantitative estimate of drug-likeness (QED) is 0.764. The van der Waals surface area contributed by atoms with Crippen molar-refractivity contribution in [3.63, 3.8) is 0 Å². The van der Waals surface area contributed by atoms with E-state index in [0.717, 1.165) is 24.3 Å². The Labute approximate surface area is 95.1 Å². The van der Waals surface area contributed by atoms with Crippen LogP contribution in [0.3, 0.4) is 0 Å². The molecule has 1 aromatic heterocycles. The van der Waals surface area contributed by atoms with E-state index in [2.05, 4.69) is 10.4 Å². The van der Waals surface area contributed by atoms with E-state index in [4.69, 9.17) is 5.73 Å². The lowest BCUT2D eigenvalue weighted by Gasteiger charge is -2.07. The highest BCUT2D eigenvalue weighted by atomic mass is 15.2. The van der Waals surface area contributed by atoms with Crippen molar-refractivity contribution in [3.8, 4) is 0 Å². The molecule has 4 heteroatoms. The number of hydrogen-bond donors (Lipinski definition) is 2.